The molecule has 1 aromatic heterocycles. The van der Waals surface area contributed by atoms with Gasteiger partial charge in [0.25, 0.3) is 5.95 Å². The first-order valence-electron chi connectivity index (χ1n) is 13.4. The molecule has 0 saturated heterocycles. The van der Waals surface area contributed by atoms with E-state index in [4.69, 9.17) is 0 Å². The standard InChI is InChI=1S/C15H29N5O3S.C14H12/c1-2-3-4-5-6-7-8-9-10-11-12-19-20(24(21,22)23)15-17-13-16-14-18-15;1-3-7-13(8-4-1)11-12-14-9-5-2-6-10-14/h13-14,19H,2-12H2,1H3,(H,21,22,23);1-12H. The van der Waals surface area contributed by atoms with Crippen molar-refractivity contribution in [3.05, 3.63) is 84.4 Å². The van der Waals surface area contributed by atoms with Gasteiger partial charge in [-0.2, -0.15) is 18.4 Å². The molecular weight excluding hydrogens is 498 g/mol. The maximum absolute atomic E-state index is 11.4. The Morgan fingerprint density at radius 1 is 0.737 bits per heavy atom. The van der Waals surface area contributed by atoms with Crippen molar-refractivity contribution in [2.24, 2.45) is 0 Å². The molecule has 38 heavy (non-hydrogen) atoms. The minimum absolute atomic E-state index is 0.153. The number of hydrogen-bond acceptors (Lipinski definition) is 6. The summed E-state index contributed by atoms with van der Waals surface area (Å²) in [5, 5.41) is 0. The van der Waals surface area contributed by atoms with Crippen LogP contribution in [0.3, 0.4) is 0 Å². The fourth-order valence-corrected chi connectivity index (χ4v) is 4.26. The number of nitrogens with zero attached hydrogens (tertiary/aromatic N) is 4. The van der Waals surface area contributed by atoms with Crippen LogP contribution in [0, 0.1) is 0 Å². The van der Waals surface area contributed by atoms with Gasteiger partial charge in [0.15, 0.2) is 0 Å². The first kappa shape index (κ1) is 31.1. The Labute approximate surface area is 228 Å². The summed E-state index contributed by atoms with van der Waals surface area (Å²) < 4.78 is 32.5. The third-order valence-electron chi connectivity index (χ3n) is 5.75. The Balaban J connectivity index is 0.000000304. The van der Waals surface area contributed by atoms with Gasteiger partial charge in [0.05, 0.1) is 0 Å². The highest BCUT2D eigenvalue weighted by Gasteiger charge is 2.21. The van der Waals surface area contributed by atoms with Crippen LogP contribution >= 0.6 is 0 Å². The first-order chi connectivity index (χ1) is 18.5. The van der Waals surface area contributed by atoms with Crippen molar-refractivity contribution in [2.45, 2.75) is 71.1 Å². The van der Waals surface area contributed by atoms with Gasteiger partial charge < -0.3 is 0 Å². The maximum Gasteiger partial charge on any atom is 0.376 e. The quantitative estimate of drug-likeness (QED) is 0.0895. The second-order valence-corrected chi connectivity index (χ2v) is 10.2. The van der Waals surface area contributed by atoms with Crippen molar-refractivity contribution >= 4 is 28.4 Å². The summed E-state index contributed by atoms with van der Waals surface area (Å²) in [6, 6.07) is 20.6. The van der Waals surface area contributed by atoms with Gasteiger partial charge in [0.2, 0.25) is 0 Å². The summed E-state index contributed by atoms with van der Waals surface area (Å²) in [7, 11) is -4.46. The molecule has 2 aromatic carbocycles. The Morgan fingerprint density at radius 3 is 1.63 bits per heavy atom. The highest BCUT2D eigenvalue weighted by molar-refractivity contribution is 7.87. The molecule has 0 aliphatic heterocycles. The fourth-order valence-electron chi connectivity index (χ4n) is 3.71. The van der Waals surface area contributed by atoms with Gasteiger partial charge in [-0.25, -0.2) is 10.4 Å². The monoisotopic (exact) mass is 539 g/mol. The van der Waals surface area contributed by atoms with Crippen LogP contribution in [0.1, 0.15) is 82.3 Å². The lowest BCUT2D eigenvalue weighted by Gasteiger charge is -2.18. The van der Waals surface area contributed by atoms with Gasteiger partial charge in [0.1, 0.15) is 12.7 Å². The van der Waals surface area contributed by atoms with Gasteiger partial charge in [-0.3, -0.25) is 4.55 Å². The lowest BCUT2D eigenvalue weighted by Crippen LogP contribution is -2.44. The molecule has 3 aromatic rings. The van der Waals surface area contributed by atoms with Gasteiger partial charge in [-0.1, -0.05) is 138 Å². The Hall–Kier alpha value is -3.14. The topological polar surface area (TPSA) is 108 Å². The number of hydrazine groups is 1. The molecule has 2 N–H and O–H groups in total. The van der Waals surface area contributed by atoms with E-state index in [-0.39, 0.29) is 5.95 Å². The van der Waals surface area contributed by atoms with Crippen LogP contribution < -0.4 is 9.84 Å². The van der Waals surface area contributed by atoms with Gasteiger partial charge >= 0.3 is 10.3 Å². The molecule has 3 rings (SSSR count). The normalized spacial score (nSPS) is 11.2. The Morgan fingerprint density at radius 2 is 1.18 bits per heavy atom. The molecule has 0 radical (unpaired) electrons. The number of rotatable bonds is 16. The zero-order valence-electron chi connectivity index (χ0n) is 22.3. The number of anilines is 1. The molecule has 0 saturated carbocycles. The average Bonchev–Trinajstić information content (AvgIpc) is 2.94. The van der Waals surface area contributed by atoms with E-state index < -0.39 is 10.3 Å². The summed E-state index contributed by atoms with van der Waals surface area (Å²) in [6.07, 6.45) is 18.6. The summed E-state index contributed by atoms with van der Waals surface area (Å²) in [5.41, 5.74) is 5.11. The van der Waals surface area contributed by atoms with E-state index in [1.165, 1.54) is 68.7 Å². The number of benzene rings is 2. The van der Waals surface area contributed by atoms with E-state index in [0.29, 0.717) is 11.0 Å². The van der Waals surface area contributed by atoms with E-state index in [9.17, 15) is 13.0 Å². The van der Waals surface area contributed by atoms with Crippen LogP contribution in [-0.4, -0.2) is 34.5 Å². The van der Waals surface area contributed by atoms with Gasteiger partial charge in [-0.05, 0) is 17.5 Å². The molecule has 0 amide bonds. The van der Waals surface area contributed by atoms with Crippen molar-refractivity contribution in [1.29, 1.82) is 0 Å². The maximum atomic E-state index is 11.4. The molecule has 206 valence electrons. The molecule has 8 nitrogen and oxygen atoms in total. The SMILES string of the molecule is C(=Cc1ccccc1)c1ccccc1.CCCCCCCCCCCCNN(c1ncncn1)S(=O)(=O)O. The van der Waals surface area contributed by atoms with Crippen molar-refractivity contribution in [3.63, 3.8) is 0 Å². The number of nitrogens with one attached hydrogen (secondary N) is 1. The molecule has 0 atom stereocenters. The molecule has 0 fully saturated rings. The molecule has 0 aliphatic carbocycles. The van der Waals surface area contributed by atoms with Crippen LogP contribution in [0.25, 0.3) is 12.2 Å². The molecule has 0 bridgehead atoms. The number of unbranched alkanes of at least 4 members (excludes halogenated alkanes) is 9. The zero-order valence-corrected chi connectivity index (χ0v) is 23.1. The van der Waals surface area contributed by atoms with Crippen molar-refractivity contribution in [2.75, 3.05) is 11.0 Å². The first-order valence-corrected chi connectivity index (χ1v) is 14.8. The third kappa shape index (κ3) is 14.0. The minimum Gasteiger partial charge on any atom is -0.268 e. The molecule has 0 aliphatic rings. The van der Waals surface area contributed by atoms with Crippen LogP contribution in [0.15, 0.2) is 73.3 Å². The third-order valence-corrected chi connectivity index (χ3v) is 6.50. The van der Waals surface area contributed by atoms with Crippen molar-refractivity contribution in [3.8, 4) is 0 Å². The lowest BCUT2D eigenvalue weighted by molar-refractivity contribution is 0.463. The molecule has 0 unspecified atom stereocenters. The van der Waals surface area contributed by atoms with E-state index in [1.807, 2.05) is 36.4 Å². The average molecular weight is 540 g/mol. The van der Waals surface area contributed by atoms with Crippen LogP contribution in [0.2, 0.25) is 0 Å². The Bertz CT molecular complexity index is 1070. The van der Waals surface area contributed by atoms with E-state index in [2.05, 4.69) is 63.7 Å². The summed E-state index contributed by atoms with van der Waals surface area (Å²) in [4.78, 5) is 11.1. The van der Waals surface area contributed by atoms with Crippen LogP contribution in [0.5, 0.6) is 0 Å². The van der Waals surface area contributed by atoms with E-state index >= 15 is 0 Å². The zero-order chi connectivity index (χ0) is 27.3. The predicted molar refractivity (Wildman–Crippen MR) is 156 cm³/mol. The highest BCUT2D eigenvalue weighted by atomic mass is 32.2. The lowest BCUT2D eigenvalue weighted by atomic mass is 10.1. The minimum atomic E-state index is -4.46. The molecular formula is C29H41N5O3S. The van der Waals surface area contributed by atoms with Crippen molar-refractivity contribution < 1.29 is 13.0 Å². The van der Waals surface area contributed by atoms with Crippen molar-refractivity contribution in [1.82, 2.24) is 20.4 Å². The second-order valence-electron chi connectivity index (χ2n) is 8.93. The fraction of sp³-hybridized carbons (Fsp3) is 0.414. The molecule has 0 spiro atoms. The molecule has 9 heteroatoms. The summed E-state index contributed by atoms with van der Waals surface area (Å²) in [6.45, 7) is 2.64. The molecule has 1 heterocycles. The highest BCUT2D eigenvalue weighted by Crippen LogP contribution is 2.11. The summed E-state index contributed by atoms with van der Waals surface area (Å²) >= 11 is 0. The number of aromatic nitrogens is 3. The largest absolute Gasteiger partial charge is 0.376 e. The predicted octanol–water partition coefficient (Wildman–Crippen LogP) is 6.76. The van der Waals surface area contributed by atoms with Crippen LogP contribution in [-0.2, 0) is 10.3 Å². The number of hydrogen-bond donors (Lipinski definition) is 2. The van der Waals surface area contributed by atoms with Gasteiger partial charge in [0, 0.05) is 6.54 Å². The Kier molecular flexibility index (Phi) is 15.5. The second kappa shape index (κ2) is 19.0. The van der Waals surface area contributed by atoms with E-state index in [0.717, 1.165) is 19.3 Å². The van der Waals surface area contributed by atoms with Gasteiger partial charge in [-0.15, -0.1) is 4.41 Å². The van der Waals surface area contributed by atoms with Crippen LogP contribution in [0.4, 0.5) is 5.95 Å². The smallest absolute Gasteiger partial charge is 0.268 e. The summed E-state index contributed by atoms with van der Waals surface area (Å²) in [5.74, 6) is -0.153. The van der Waals surface area contributed by atoms with E-state index in [1.54, 1.807) is 0 Å².